The Morgan fingerprint density at radius 3 is 0.952 bits per heavy atom. The number of hydrogen-bond donors (Lipinski definition) is 0. The fourth-order valence-electron chi connectivity index (χ4n) is 1.73. The Morgan fingerprint density at radius 2 is 0.714 bits per heavy atom. The van der Waals surface area contributed by atoms with Crippen molar-refractivity contribution in [1.82, 2.24) is 0 Å². The van der Waals surface area contributed by atoms with Gasteiger partial charge < -0.3 is 0 Å². The maximum atomic E-state index is 6.18. The minimum absolute atomic E-state index is 0.190. The normalized spacial score (nSPS) is 11.0. The van der Waals surface area contributed by atoms with Crippen LogP contribution in [-0.4, -0.2) is 0 Å². The molecule has 0 aliphatic heterocycles. The zero-order valence-corrected chi connectivity index (χ0v) is 15.9. The molecule has 21 heavy (non-hydrogen) atoms. The second-order valence-electron chi connectivity index (χ2n) is 4.07. The monoisotopic (exact) mass is 440 g/mol. The van der Waals surface area contributed by atoms with E-state index in [4.69, 9.17) is 92.8 Å². The fourth-order valence-corrected chi connectivity index (χ4v) is 3.70. The highest BCUT2D eigenvalue weighted by Gasteiger charge is 2.20. The fraction of sp³-hybridized carbons (Fsp3) is 0.0769. The Labute approximate surface area is 161 Å². The van der Waals surface area contributed by atoms with Crippen molar-refractivity contribution < 1.29 is 0 Å². The van der Waals surface area contributed by atoms with Crippen molar-refractivity contribution in [3.05, 3.63) is 63.4 Å². The van der Waals surface area contributed by atoms with Gasteiger partial charge in [0.05, 0.1) is 40.2 Å². The van der Waals surface area contributed by atoms with E-state index in [1.807, 2.05) is 0 Å². The Morgan fingerprint density at radius 1 is 0.476 bits per heavy atom. The van der Waals surface area contributed by atoms with Crippen LogP contribution in [0.25, 0.3) is 0 Å². The van der Waals surface area contributed by atoms with E-state index in [2.05, 4.69) is 0 Å². The van der Waals surface area contributed by atoms with Gasteiger partial charge in [-0.25, -0.2) is 0 Å². The summed E-state index contributed by atoms with van der Waals surface area (Å²) in [6.45, 7) is 0. The van der Waals surface area contributed by atoms with Gasteiger partial charge in [0.25, 0.3) is 0 Å². The minimum Gasteiger partial charge on any atom is -0.0826 e. The van der Waals surface area contributed by atoms with Crippen molar-refractivity contribution in [3.8, 4) is 0 Å². The first-order valence-corrected chi connectivity index (χ1v) is 8.40. The summed E-state index contributed by atoms with van der Waals surface area (Å²) in [6.07, 6.45) is 0.190. The largest absolute Gasteiger partial charge is 0.0826 e. The number of halogens is 8. The summed E-state index contributed by atoms with van der Waals surface area (Å²) in [4.78, 5) is 0. The van der Waals surface area contributed by atoms with Gasteiger partial charge in [-0.1, -0.05) is 92.8 Å². The lowest BCUT2D eigenvalue weighted by Gasteiger charge is -2.14. The molecule has 0 aliphatic rings. The maximum absolute atomic E-state index is 6.18. The standard InChI is InChI=1S/C13H4Cl8/c14-6-2-7(15)11(19)4(10(6)18)1-5-12(20)8(16)3-9(17)13(5)21/h2-3H,1H2. The molecule has 0 saturated heterocycles. The van der Waals surface area contributed by atoms with Crippen molar-refractivity contribution in [2.45, 2.75) is 6.42 Å². The molecule has 112 valence electrons. The zero-order chi connectivity index (χ0) is 15.9. The Hall–Kier alpha value is 0.760. The first kappa shape index (κ1) is 18.1. The molecular weight excluding hydrogens is 440 g/mol. The first-order valence-electron chi connectivity index (χ1n) is 5.37. The topological polar surface area (TPSA) is 0 Å². The Balaban J connectivity index is 2.64. The second-order valence-corrected chi connectivity index (χ2v) is 7.21. The molecule has 0 bridgehead atoms. The van der Waals surface area contributed by atoms with Gasteiger partial charge in [-0.05, 0) is 23.3 Å². The molecule has 0 saturated carbocycles. The smallest absolute Gasteiger partial charge is 0.0643 e. The molecule has 0 atom stereocenters. The number of hydrogen-bond acceptors (Lipinski definition) is 0. The molecule has 2 aromatic rings. The summed E-state index contributed by atoms with van der Waals surface area (Å²) in [7, 11) is 0. The van der Waals surface area contributed by atoms with Crippen LogP contribution in [0.2, 0.25) is 40.2 Å². The van der Waals surface area contributed by atoms with E-state index in [0.29, 0.717) is 11.1 Å². The predicted octanol–water partition coefficient (Wildman–Crippen LogP) is 8.50. The van der Waals surface area contributed by atoms with Crippen molar-refractivity contribution in [2.24, 2.45) is 0 Å². The van der Waals surface area contributed by atoms with Crippen LogP contribution in [0.15, 0.2) is 12.1 Å². The van der Waals surface area contributed by atoms with Gasteiger partial charge in [-0.15, -0.1) is 0 Å². The van der Waals surface area contributed by atoms with Crippen LogP contribution >= 0.6 is 92.8 Å². The molecule has 8 heteroatoms. The van der Waals surface area contributed by atoms with Crippen molar-refractivity contribution in [1.29, 1.82) is 0 Å². The number of rotatable bonds is 2. The molecule has 0 aromatic heterocycles. The number of benzene rings is 2. The van der Waals surface area contributed by atoms with E-state index in [1.54, 1.807) is 0 Å². The lowest BCUT2D eigenvalue weighted by atomic mass is 10.0. The van der Waals surface area contributed by atoms with Crippen molar-refractivity contribution in [3.63, 3.8) is 0 Å². The highest BCUT2D eigenvalue weighted by atomic mass is 35.5. The molecule has 0 radical (unpaired) electrons. The molecule has 0 nitrogen and oxygen atoms in total. The Bertz CT molecular complexity index is 609. The van der Waals surface area contributed by atoms with Crippen molar-refractivity contribution >= 4 is 92.8 Å². The molecule has 0 N–H and O–H groups in total. The van der Waals surface area contributed by atoms with Gasteiger partial charge in [-0.2, -0.15) is 0 Å². The van der Waals surface area contributed by atoms with Crippen LogP contribution in [0, 0.1) is 0 Å². The lowest BCUT2D eigenvalue weighted by Crippen LogP contribution is -1.96. The van der Waals surface area contributed by atoms with Gasteiger partial charge in [0.15, 0.2) is 0 Å². The van der Waals surface area contributed by atoms with Gasteiger partial charge in [0.2, 0.25) is 0 Å². The van der Waals surface area contributed by atoms with E-state index < -0.39 is 0 Å². The maximum Gasteiger partial charge on any atom is 0.0643 e. The quantitative estimate of drug-likeness (QED) is 0.408. The van der Waals surface area contributed by atoms with Crippen LogP contribution in [0.4, 0.5) is 0 Å². The van der Waals surface area contributed by atoms with E-state index in [-0.39, 0.29) is 46.6 Å². The van der Waals surface area contributed by atoms with E-state index in [0.717, 1.165) is 0 Å². The van der Waals surface area contributed by atoms with E-state index >= 15 is 0 Å². The molecule has 2 rings (SSSR count). The van der Waals surface area contributed by atoms with Crippen LogP contribution in [0.5, 0.6) is 0 Å². The minimum atomic E-state index is 0.190. The zero-order valence-electron chi connectivity index (χ0n) is 9.89. The average molecular weight is 444 g/mol. The third kappa shape index (κ3) is 3.65. The molecule has 0 unspecified atom stereocenters. The summed E-state index contributed by atoms with van der Waals surface area (Å²) in [5, 5.41) is 2.21. The SMILES string of the molecule is Clc1cc(Cl)c(Cl)c(Cc2c(Cl)c(Cl)cc(Cl)c2Cl)c1Cl. The van der Waals surface area contributed by atoms with E-state index in [1.165, 1.54) is 12.1 Å². The van der Waals surface area contributed by atoms with Gasteiger partial charge in [-0.3, -0.25) is 0 Å². The molecule has 0 aliphatic carbocycles. The summed E-state index contributed by atoms with van der Waals surface area (Å²) in [6, 6.07) is 2.93. The average Bonchev–Trinajstić information content (AvgIpc) is 2.42. The predicted molar refractivity (Wildman–Crippen MR) is 95.8 cm³/mol. The molecule has 0 fully saturated rings. The highest BCUT2D eigenvalue weighted by molar-refractivity contribution is 6.49. The molecule has 0 amide bonds. The van der Waals surface area contributed by atoms with E-state index in [9.17, 15) is 0 Å². The van der Waals surface area contributed by atoms with Crippen molar-refractivity contribution in [2.75, 3.05) is 0 Å². The van der Waals surface area contributed by atoms with Crippen LogP contribution in [-0.2, 0) is 6.42 Å². The third-order valence-corrected chi connectivity index (χ3v) is 6.07. The summed E-state index contributed by atoms with van der Waals surface area (Å²) < 4.78 is 0. The summed E-state index contributed by atoms with van der Waals surface area (Å²) in [5.41, 5.74) is 0.996. The first-order chi connectivity index (χ1) is 9.73. The summed E-state index contributed by atoms with van der Waals surface area (Å²) in [5.74, 6) is 0. The molecule has 2 aromatic carbocycles. The Kier molecular flexibility index (Phi) is 6.13. The molecule has 0 spiro atoms. The second kappa shape index (κ2) is 7.11. The highest BCUT2D eigenvalue weighted by Crippen LogP contribution is 2.43. The third-order valence-electron chi connectivity index (χ3n) is 2.76. The summed E-state index contributed by atoms with van der Waals surface area (Å²) >= 11 is 48.7. The molecular formula is C13H4Cl8. The van der Waals surface area contributed by atoms with Gasteiger partial charge in [0.1, 0.15) is 0 Å². The van der Waals surface area contributed by atoms with Crippen LogP contribution in [0.3, 0.4) is 0 Å². The van der Waals surface area contributed by atoms with Crippen LogP contribution < -0.4 is 0 Å². The van der Waals surface area contributed by atoms with Gasteiger partial charge >= 0.3 is 0 Å². The molecule has 0 heterocycles. The van der Waals surface area contributed by atoms with Crippen LogP contribution in [0.1, 0.15) is 11.1 Å². The lowest BCUT2D eigenvalue weighted by molar-refractivity contribution is 1.19. The van der Waals surface area contributed by atoms with Gasteiger partial charge in [0, 0.05) is 6.42 Å².